The molecular formula is C11H15ClF2N2O. The number of nitrogens with two attached hydrogens (primary N) is 1. The Kier molecular flexibility index (Phi) is 5.51. The zero-order valence-electron chi connectivity index (χ0n) is 9.59. The zero-order chi connectivity index (χ0) is 12.3. The van der Waals surface area contributed by atoms with Crippen molar-refractivity contribution in [2.24, 2.45) is 5.73 Å². The van der Waals surface area contributed by atoms with Gasteiger partial charge in [0.1, 0.15) is 0 Å². The van der Waals surface area contributed by atoms with Crippen LogP contribution in [-0.4, -0.2) is 18.0 Å². The van der Waals surface area contributed by atoms with Crippen LogP contribution in [0.1, 0.15) is 24.2 Å². The molecule has 0 spiro atoms. The van der Waals surface area contributed by atoms with Gasteiger partial charge in [0.2, 0.25) is 0 Å². The van der Waals surface area contributed by atoms with E-state index in [0.29, 0.717) is 0 Å². The maximum absolute atomic E-state index is 13.3. The predicted octanol–water partition coefficient (Wildman–Crippen LogP) is 1.85. The standard InChI is InChI=1S/C11H14F2N2O.ClH/c1-11(2,6-14)15-10(16)7-4-3-5-8(12)9(7)13;/h3-5H,6,14H2,1-2H3,(H,15,16);1H. The highest BCUT2D eigenvalue weighted by molar-refractivity contribution is 5.94. The first-order valence-corrected chi connectivity index (χ1v) is 4.84. The summed E-state index contributed by atoms with van der Waals surface area (Å²) in [4.78, 5) is 11.6. The van der Waals surface area contributed by atoms with Gasteiger partial charge in [-0.1, -0.05) is 6.07 Å². The highest BCUT2D eigenvalue weighted by Crippen LogP contribution is 2.12. The highest BCUT2D eigenvalue weighted by Gasteiger charge is 2.22. The van der Waals surface area contributed by atoms with Gasteiger partial charge in [0.25, 0.3) is 5.91 Å². The van der Waals surface area contributed by atoms with Crippen LogP contribution in [0.5, 0.6) is 0 Å². The molecule has 0 saturated carbocycles. The lowest BCUT2D eigenvalue weighted by Gasteiger charge is -2.24. The van der Waals surface area contributed by atoms with Crippen LogP contribution in [-0.2, 0) is 0 Å². The second-order valence-corrected chi connectivity index (χ2v) is 4.14. The summed E-state index contributed by atoms with van der Waals surface area (Å²) < 4.78 is 26.1. The van der Waals surface area contributed by atoms with Crippen molar-refractivity contribution < 1.29 is 13.6 Å². The number of rotatable bonds is 3. The lowest BCUT2D eigenvalue weighted by Crippen LogP contribution is -2.49. The van der Waals surface area contributed by atoms with Gasteiger partial charge in [-0.25, -0.2) is 8.78 Å². The van der Waals surface area contributed by atoms with Crippen LogP contribution >= 0.6 is 12.4 Å². The van der Waals surface area contributed by atoms with Crippen molar-refractivity contribution in [3.8, 4) is 0 Å². The molecule has 0 bridgehead atoms. The van der Waals surface area contributed by atoms with Gasteiger partial charge in [-0.3, -0.25) is 4.79 Å². The Morgan fingerprint density at radius 3 is 2.53 bits per heavy atom. The van der Waals surface area contributed by atoms with E-state index in [1.807, 2.05) is 0 Å². The van der Waals surface area contributed by atoms with E-state index in [9.17, 15) is 13.6 Å². The van der Waals surface area contributed by atoms with Crippen LogP contribution in [0.25, 0.3) is 0 Å². The fraction of sp³-hybridized carbons (Fsp3) is 0.364. The summed E-state index contributed by atoms with van der Waals surface area (Å²) in [6, 6.07) is 3.46. The third kappa shape index (κ3) is 3.94. The summed E-state index contributed by atoms with van der Waals surface area (Å²) in [7, 11) is 0. The molecule has 1 rings (SSSR count). The molecule has 0 aliphatic carbocycles. The molecule has 0 aromatic heterocycles. The van der Waals surface area contributed by atoms with Crippen LogP contribution in [0, 0.1) is 11.6 Å². The molecule has 3 N–H and O–H groups in total. The number of benzene rings is 1. The number of hydrogen-bond acceptors (Lipinski definition) is 2. The van der Waals surface area contributed by atoms with E-state index in [4.69, 9.17) is 5.73 Å². The van der Waals surface area contributed by atoms with Crippen LogP contribution in [0.2, 0.25) is 0 Å². The van der Waals surface area contributed by atoms with Crippen molar-refractivity contribution in [3.05, 3.63) is 35.4 Å². The molecule has 0 aliphatic rings. The van der Waals surface area contributed by atoms with E-state index < -0.39 is 23.1 Å². The molecular weight excluding hydrogens is 250 g/mol. The van der Waals surface area contributed by atoms with E-state index in [0.717, 1.165) is 6.07 Å². The van der Waals surface area contributed by atoms with Crippen molar-refractivity contribution >= 4 is 18.3 Å². The van der Waals surface area contributed by atoms with Gasteiger partial charge in [-0.05, 0) is 26.0 Å². The van der Waals surface area contributed by atoms with E-state index in [1.54, 1.807) is 13.8 Å². The maximum atomic E-state index is 13.3. The number of hydrogen-bond donors (Lipinski definition) is 2. The molecule has 0 aliphatic heterocycles. The minimum atomic E-state index is -1.15. The maximum Gasteiger partial charge on any atom is 0.254 e. The molecule has 0 atom stereocenters. The van der Waals surface area contributed by atoms with Gasteiger partial charge >= 0.3 is 0 Å². The average Bonchev–Trinajstić information content (AvgIpc) is 2.21. The summed E-state index contributed by atoms with van der Waals surface area (Å²) in [5, 5.41) is 2.52. The average molecular weight is 265 g/mol. The Hall–Kier alpha value is -1.20. The normalized spacial score (nSPS) is 10.6. The van der Waals surface area contributed by atoms with Crippen molar-refractivity contribution in [3.63, 3.8) is 0 Å². The zero-order valence-corrected chi connectivity index (χ0v) is 10.4. The second kappa shape index (κ2) is 5.93. The van der Waals surface area contributed by atoms with Gasteiger partial charge in [-0.15, -0.1) is 12.4 Å². The Labute approximate surface area is 105 Å². The van der Waals surface area contributed by atoms with Gasteiger partial charge in [0, 0.05) is 12.1 Å². The molecule has 0 fully saturated rings. The fourth-order valence-electron chi connectivity index (χ4n) is 1.10. The Morgan fingerprint density at radius 2 is 2.00 bits per heavy atom. The van der Waals surface area contributed by atoms with Crippen molar-refractivity contribution in [1.29, 1.82) is 0 Å². The van der Waals surface area contributed by atoms with Crippen molar-refractivity contribution in [2.45, 2.75) is 19.4 Å². The van der Waals surface area contributed by atoms with Crippen LogP contribution in [0.3, 0.4) is 0 Å². The smallest absolute Gasteiger partial charge is 0.254 e. The van der Waals surface area contributed by atoms with Gasteiger partial charge < -0.3 is 11.1 Å². The summed E-state index contributed by atoms with van der Waals surface area (Å²) in [5.41, 5.74) is 4.44. The molecule has 17 heavy (non-hydrogen) atoms. The van der Waals surface area contributed by atoms with E-state index >= 15 is 0 Å². The number of carbonyl (C=O) groups is 1. The van der Waals surface area contributed by atoms with E-state index in [1.165, 1.54) is 12.1 Å². The van der Waals surface area contributed by atoms with Gasteiger partial charge in [0.05, 0.1) is 5.56 Å². The number of halogens is 3. The van der Waals surface area contributed by atoms with Crippen molar-refractivity contribution in [1.82, 2.24) is 5.32 Å². The molecule has 1 aromatic carbocycles. The SMILES string of the molecule is CC(C)(CN)NC(=O)c1cccc(F)c1F.Cl. The molecule has 0 saturated heterocycles. The molecule has 0 heterocycles. The number of carbonyl (C=O) groups excluding carboxylic acids is 1. The van der Waals surface area contributed by atoms with Crippen LogP contribution < -0.4 is 11.1 Å². The Bertz CT molecular complexity index is 410. The predicted molar refractivity (Wildman–Crippen MR) is 64.2 cm³/mol. The van der Waals surface area contributed by atoms with E-state index in [2.05, 4.69) is 5.32 Å². The molecule has 0 radical (unpaired) electrons. The number of amides is 1. The third-order valence-corrected chi connectivity index (χ3v) is 2.16. The summed E-state index contributed by atoms with van der Waals surface area (Å²) >= 11 is 0. The minimum absolute atomic E-state index is 0. The first kappa shape index (κ1) is 15.8. The molecule has 3 nitrogen and oxygen atoms in total. The van der Waals surface area contributed by atoms with E-state index in [-0.39, 0.29) is 24.5 Å². The topological polar surface area (TPSA) is 55.1 Å². The van der Waals surface area contributed by atoms with Gasteiger partial charge in [-0.2, -0.15) is 0 Å². The Morgan fingerprint density at radius 1 is 1.41 bits per heavy atom. The monoisotopic (exact) mass is 264 g/mol. The number of nitrogens with one attached hydrogen (secondary N) is 1. The minimum Gasteiger partial charge on any atom is -0.346 e. The van der Waals surface area contributed by atoms with Crippen molar-refractivity contribution in [2.75, 3.05) is 6.54 Å². The van der Waals surface area contributed by atoms with Gasteiger partial charge in [0.15, 0.2) is 11.6 Å². The largest absolute Gasteiger partial charge is 0.346 e. The quantitative estimate of drug-likeness (QED) is 0.875. The third-order valence-electron chi connectivity index (χ3n) is 2.16. The fourth-order valence-corrected chi connectivity index (χ4v) is 1.10. The highest BCUT2D eigenvalue weighted by atomic mass is 35.5. The summed E-state index contributed by atoms with van der Waals surface area (Å²) in [6.07, 6.45) is 0. The summed E-state index contributed by atoms with van der Waals surface area (Å²) in [5.74, 6) is -2.86. The lowest BCUT2D eigenvalue weighted by atomic mass is 10.1. The molecule has 6 heteroatoms. The molecule has 96 valence electrons. The first-order valence-electron chi connectivity index (χ1n) is 4.84. The molecule has 1 aromatic rings. The second-order valence-electron chi connectivity index (χ2n) is 4.14. The van der Waals surface area contributed by atoms with Crippen LogP contribution in [0.4, 0.5) is 8.78 Å². The molecule has 0 unspecified atom stereocenters. The first-order chi connectivity index (χ1) is 7.37. The Balaban J connectivity index is 0.00000256. The van der Waals surface area contributed by atoms with Crippen LogP contribution in [0.15, 0.2) is 18.2 Å². The molecule has 1 amide bonds. The summed E-state index contributed by atoms with van der Waals surface area (Å²) in [6.45, 7) is 3.60. The lowest BCUT2D eigenvalue weighted by molar-refractivity contribution is 0.0910.